The predicted molar refractivity (Wildman–Crippen MR) is 83.3 cm³/mol. The Morgan fingerprint density at radius 2 is 1.84 bits per heavy atom. The van der Waals surface area contributed by atoms with Crippen molar-refractivity contribution in [2.75, 3.05) is 0 Å². The quantitative estimate of drug-likeness (QED) is 0.530. The number of hydrogen-bond donors (Lipinski definition) is 1. The maximum Gasteiger partial charge on any atom is 0.0693 e. The van der Waals surface area contributed by atoms with E-state index in [9.17, 15) is 5.11 Å². The van der Waals surface area contributed by atoms with Crippen molar-refractivity contribution >= 4 is 0 Å². The Hall–Kier alpha value is -1.08. The Morgan fingerprint density at radius 1 is 1.21 bits per heavy atom. The standard InChI is InChI=1S/C18H28O/c1-5-7-9-12-15(6-2)17(19)18(3,4)16-13-10-8-11-14-16/h6,8,10-11,13-15,17,19H,2,5,7,9,12H2,1,3-4H3/t15-,17-/m1/s1. The smallest absolute Gasteiger partial charge is 0.0693 e. The van der Waals surface area contributed by atoms with Crippen molar-refractivity contribution < 1.29 is 5.11 Å². The number of aliphatic hydroxyl groups excluding tert-OH is 1. The van der Waals surface area contributed by atoms with Crippen molar-refractivity contribution in [2.45, 2.75) is 58.0 Å². The van der Waals surface area contributed by atoms with Crippen LogP contribution < -0.4 is 0 Å². The SMILES string of the molecule is C=C[C@H](CCCCC)[C@@H](O)C(C)(C)c1ccccc1. The molecule has 1 aromatic carbocycles. The van der Waals surface area contributed by atoms with Crippen molar-refractivity contribution in [1.82, 2.24) is 0 Å². The van der Waals surface area contributed by atoms with E-state index in [-0.39, 0.29) is 17.4 Å². The van der Waals surface area contributed by atoms with Gasteiger partial charge in [-0.3, -0.25) is 0 Å². The zero-order valence-corrected chi connectivity index (χ0v) is 12.6. The van der Waals surface area contributed by atoms with Crippen LogP contribution in [0, 0.1) is 5.92 Å². The van der Waals surface area contributed by atoms with Crippen LogP contribution in [-0.2, 0) is 5.41 Å². The predicted octanol–water partition coefficient (Wildman–Crippen LogP) is 4.71. The second-order valence-electron chi connectivity index (χ2n) is 5.93. The van der Waals surface area contributed by atoms with Crippen LogP contribution in [0.1, 0.15) is 52.0 Å². The molecule has 2 atom stereocenters. The maximum absolute atomic E-state index is 10.7. The van der Waals surface area contributed by atoms with E-state index in [4.69, 9.17) is 0 Å². The molecular formula is C18H28O. The van der Waals surface area contributed by atoms with Gasteiger partial charge in [0.1, 0.15) is 0 Å². The highest BCUT2D eigenvalue weighted by molar-refractivity contribution is 5.25. The maximum atomic E-state index is 10.7. The summed E-state index contributed by atoms with van der Waals surface area (Å²) in [5.74, 6) is 0.168. The van der Waals surface area contributed by atoms with Crippen molar-refractivity contribution in [3.8, 4) is 0 Å². The molecule has 19 heavy (non-hydrogen) atoms. The summed E-state index contributed by atoms with van der Waals surface area (Å²) in [7, 11) is 0. The molecule has 1 heteroatoms. The highest BCUT2D eigenvalue weighted by Gasteiger charge is 2.33. The lowest BCUT2D eigenvalue weighted by Crippen LogP contribution is -2.38. The van der Waals surface area contributed by atoms with E-state index in [1.165, 1.54) is 18.4 Å². The van der Waals surface area contributed by atoms with Gasteiger partial charge in [0, 0.05) is 11.3 Å². The van der Waals surface area contributed by atoms with Gasteiger partial charge in [-0.15, -0.1) is 6.58 Å². The van der Waals surface area contributed by atoms with Crippen LogP contribution in [-0.4, -0.2) is 11.2 Å². The number of benzene rings is 1. The van der Waals surface area contributed by atoms with Gasteiger partial charge in [-0.05, 0) is 12.0 Å². The third kappa shape index (κ3) is 4.21. The third-order valence-corrected chi connectivity index (χ3v) is 4.11. The summed E-state index contributed by atoms with van der Waals surface area (Å²) >= 11 is 0. The fraction of sp³-hybridized carbons (Fsp3) is 0.556. The van der Waals surface area contributed by atoms with Gasteiger partial charge in [0.05, 0.1) is 6.10 Å². The molecule has 0 unspecified atom stereocenters. The number of unbranched alkanes of at least 4 members (excludes halogenated alkanes) is 2. The van der Waals surface area contributed by atoms with E-state index >= 15 is 0 Å². The molecular weight excluding hydrogens is 232 g/mol. The summed E-state index contributed by atoms with van der Waals surface area (Å²) in [6.07, 6.45) is 6.16. The van der Waals surface area contributed by atoms with Gasteiger partial charge in [-0.2, -0.15) is 0 Å². The first kappa shape index (κ1) is 16.0. The highest BCUT2D eigenvalue weighted by Crippen LogP contribution is 2.33. The number of hydrogen-bond acceptors (Lipinski definition) is 1. The lowest BCUT2D eigenvalue weighted by atomic mass is 9.73. The molecule has 106 valence electrons. The number of rotatable bonds is 8. The molecule has 0 amide bonds. The summed E-state index contributed by atoms with van der Waals surface area (Å²) in [5, 5.41) is 10.7. The van der Waals surface area contributed by atoms with Gasteiger partial charge in [-0.25, -0.2) is 0 Å². The molecule has 1 rings (SSSR count). The summed E-state index contributed by atoms with van der Waals surface area (Å²) in [6.45, 7) is 10.3. The van der Waals surface area contributed by atoms with Crippen LogP contribution in [0.25, 0.3) is 0 Å². The lowest BCUT2D eigenvalue weighted by Gasteiger charge is -2.35. The van der Waals surface area contributed by atoms with Crippen LogP contribution in [0.2, 0.25) is 0 Å². The van der Waals surface area contributed by atoms with Crippen LogP contribution in [0.4, 0.5) is 0 Å². The summed E-state index contributed by atoms with van der Waals surface area (Å²) in [5.41, 5.74) is 0.941. The zero-order valence-electron chi connectivity index (χ0n) is 12.6. The molecule has 0 spiro atoms. The van der Waals surface area contributed by atoms with Crippen LogP contribution >= 0.6 is 0 Å². The Morgan fingerprint density at radius 3 is 2.37 bits per heavy atom. The molecule has 0 aliphatic rings. The Balaban J connectivity index is 2.77. The number of aliphatic hydroxyl groups is 1. The molecule has 0 heterocycles. The third-order valence-electron chi connectivity index (χ3n) is 4.11. The molecule has 1 nitrogen and oxygen atoms in total. The molecule has 0 fully saturated rings. The van der Waals surface area contributed by atoms with Crippen molar-refractivity contribution in [2.24, 2.45) is 5.92 Å². The molecule has 0 saturated heterocycles. The van der Waals surface area contributed by atoms with Crippen LogP contribution in [0.5, 0.6) is 0 Å². The van der Waals surface area contributed by atoms with E-state index in [1.54, 1.807) is 0 Å². The van der Waals surface area contributed by atoms with E-state index < -0.39 is 0 Å². The van der Waals surface area contributed by atoms with Crippen molar-refractivity contribution in [3.05, 3.63) is 48.6 Å². The van der Waals surface area contributed by atoms with E-state index in [0.717, 1.165) is 12.8 Å². The monoisotopic (exact) mass is 260 g/mol. The van der Waals surface area contributed by atoms with E-state index in [1.807, 2.05) is 24.3 Å². The second-order valence-corrected chi connectivity index (χ2v) is 5.93. The zero-order chi connectivity index (χ0) is 14.3. The average molecular weight is 260 g/mol. The molecule has 1 aromatic rings. The molecule has 0 saturated carbocycles. The Labute approximate surface area is 118 Å². The molecule has 1 N–H and O–H groups in total. The normalized spacial score (nSPS) is 14.9. The minimum absolute atomic E-state index is 0.168. The largest absolute Gasteiger partial charge is 0.392 e. The van der Waals surface area contributed by atoms with Gasteiger partial charge < -0.3 is 5.11 Å². The molecule has 0 aromatic heterocycles. The molecule has 0 aliphatic heterocycles. The van der Waals surface area contributed by atoms with Crippen LogP contribution in [0.3, 0.4) is 0 Å². The fourth-order valence-corrected chi connectivity index (χ4v) is 2.61. The first-order chi connectivity index (χ1) is 9.04. The molecule has 0 radical (unpaired) electrons. The minimum Gasteiger partial charge on any atom is -0.392 e. The van der Waals surface area contributed by atoms with Gasteiger partial charge in [0.25, 0.3) is 0 Å². The van der Waals surface area contributed by atoms with Gasteiger partial charge in [0.15, 0.2) is 0 Å². The first-order valence-electron chi connectivity index (χ1n) is 7.40. The van der Waals surface area contributed by atoms with E-state index in [2.05, 4.69) is 39.5 Å². The van der Waals surface area contributed by atoms with Crippen LogP contribution in [0.15, 0.2) is 43.0 Å². The lowest BCUT2D eigenvalue weighted by molar-refractivity contribution is 0.0572. The van der Waals surface area contributed by atoms with Gasteiger partial charge in [0.2, 0.25) is 0 Å². The van der Waals surface area contributed by atoms with Crippen molar-refractivity contribution in [1.29, 1.82) is 0 Å². The minimum atomic E-state index is -0.385. The summed E-state index contributed by atoms with van der Waals surface area (Å²) < 4.78 is 0. The molecule has 0 bridgehead atoms. The Bertz CT molecular complexity index is 367. The Kier molecular flexibility index (Phi) is 6.30. The topological polar surface area (TPSA) is 20.2 Å². The summed E-state index contributed by atoms with van der Waals surface area (Å²) in [4.78, 5) is 0. The highest BCUT2D eigenvalue weighted by atomic mass is 16.3. The fourth-order valence-electron chi connectivity index (χ4n) is 2.61. The van der Waals surface area contributed by atoms with Gasteiger partial charge in [-0.1, -0.05) is 76.4 Å². The van der Waals surface area contributed by atoms with Gasteiger partial charge >= 0.3 is 0 Å². The second kappa shape index (κ2) is 7.49. The molecule has 0 aliphatic carbocycles. The summed E-state index contributed by atoms with van der Waals surface area (Å²) in [6, 6.07) is 10.3. The van der Waals surface area contributed by atoms with Crippen molar-refractivity contribution in [3.63, 3.8) is 0 Å². The average Bonchev–Trinajstić information content (AvgIpc) is 2.44. The first-order valence-corrected chi connectivity index (χ1v) is 7.40. The van der Waals surface area contributed by atoms with E-state index in [0.29, 0.717) is 0 Å².